The van der Waals surface area contributed by atoms with E-state index in [0.29, 0.717) is 11.3 Å². The molecule has 0 spiro atoms. The molecule has 0 saturated heterocycles. The molecule has 2 aromatic rings. The Balaban J connectivity index is 2.12. The molecule has 0 saturated carbocycles. The number of benzene rings is 2. The van der Waals surface area contributed by atoms with Gasteiger partial charge in [-0.15, -0.1) is 0 Å². The number of anilines is 1. The predicted molar refractivity (Wildman–Crippen MR) is 122 cm³/mol. The Kier molecular flexibility index (Phi) is 8.08. The number of carbonyl (C=O) groups excluding carboxylic acids is 1. The highest BCUT2D eigenvalue weighted by atomic mass is 35.6. The lowest BCUT2D eigenvalue weighted by atomic mass is 10.1. The molecule has 8 nitrogen and oxygen atoms in total. The SMILES string of the molecule is COc1ccc(NC(=S)NC(NC(=O)c2ccc(C)cc2)C(Cl)(Cl)Cl)cc1[N+](=O)[O-]. The molecule has 3 N–H and O–H groups in total. The lowest BCUT2D eigenvalue weighted by molar-refractivity contribution is -0.385. The largest absolute Gasteiger partial charge is 0.490 e. The Morgan fingerprint density at radius 3 is 2.33 bits per heavy atom. The standard InChI is InChI=1S/C18H17Cl3N4O4S/c1-10-3-5-11(6-4-10)15(26)23-16(18(19,20)21)24-17(30)22-12-7-8-14(29-2)13(9-12)25(27)28/h3-9,16H,1-2H3,(H,23,26)(H2,22,24,30). The minimum absolute atomic E-state index is 0.0324. The van der Waals surface area contributed by atoms with Crippen LogP contribution in [-0.4, -0.2) is 33.0 Å². The topological polar surface area (TPSA) is 106 Å². The number of hydrogen-bond donors (Lipinski definition) is 3. The lowest BCUT2D eigenvalue weighted by Gasteiger charge is -2.27. The Morgan fingerprint density at radius 1 is 1.17 bits per heavy atom. The van der Waals surface area contributed by atoms with Crippen molar-refractivity contribution in [3.8, 4) is 5.75 Å². The Bertz CT molecular complexity index is 951. The number of nitrogens with zero attached hydrogens (tertiary/aromatic N) is 1. The summed E-state index contributed by atoms with van der Waals surface area (Å²) in [5.74, 6) is -0.393. The number of nitro benzene ring substituents is 1. The minimum atomic E-state index is -1.95. The third-order valence-corrected chi connectivity index (χ3v) is 4.70. The molecule has 0 fully saturated rings. The second kappa shape index (κ2) is 10.1. The minimum Gasteiger partial charge on any atom is -0.490 e. The van der Waals surface area contributed by atoms with Gasteiger partial charge in [0.2, 0.25) is 3.79 Å². The number of rotatable bonds is 6. The van der Waals surface area contributed by atoms with Gasteiger partial charge in [-0.1, -0.05) is 52.5 Å². The van der Waals surface area contributed by atoms with Gasteiger partial charge in [0.25, 0.3) is 5.91 Å². The van der Waals surface area contributed by atoms with Gasteiger partial charge in [-0.25, -0.2) is 0 Å². The molecule has 0 radical (unpaired) electrons. The van der Waals surface area contributed by atoms with Crippen LogP contribution in [-0.2, 0) is 0 Å². The van der Waals surface area contributed by atoms with Gasteiger partial charge >= 0.3 is 5.69 Å². The van der Waals surface area contributed by atoms with Gasteiger partial charge in [-0.2, -0.15) is 0 Å². The van der Waals surface area contributed by atoms with Crippen LogP contribution < -0.4 is 20.7 Å². The molecule has 0 bridgehead atoms. The first-order chi connectivity index (χ1) is 14.0. The summed E-state index contributed by atoms with van der Waals surface area (Å²) < 4.78 is 3.00. The molecule has 1 atom stereocenters. The van der Waals surface area contributed by atoms with Crippen LogP contribution in [0.25, 0.3) is 0 Å². The maximum absolute atomic E-state index is 12.5. The van der Waals surface area contributed by atoms with Crippen LogP contribution in [0.1, 0.15) is 15.9 Å². The van der Waals surface area contributed by atoms with Crippen LogP contribution in [0.2, 0.25) is 0 Å². The first kappa shape index (κ1) is 23.9. The number of nitrogens with one attached hydrogen (secondary N) is 3. The average Bonchev–Trinajstić information content (AvgIpc) is 2.67. The highest BCUT2D eigenvalue weighted by Gasteiger charge is 2.35. The van der Waals surface area contributed by atoms with Gasteiger partial charge in [-0.3, -0.25) is 14.9 Å². The van der Waals surface area contributed by atoms with Crippen LogP contribution in [0.15, 0.2) is 42.5 Å². The third-order valence-electron chi connectivity index (χ3n) is 3.83. The number of halogens is 3. The van der Waals surface area contributed by atoms with Crippen LogP contribution in [0, 0.1) is 17.0 Å². The predicted octanol–water partition coefficient (Wildman–Crippen LogP) is 4.32. The molecule has 2 aromatic carbocycles. The van der Waals surface area contributed by atoms with E-state index >= 15 is 0 Å². The quantitative estimate of drug-likeness (QED) is 0.182. The van der Waals surface area contributed by atoms with Crippen molar-refractivity contribution in [3.63, 3.8) is 0 Å². The smallest absolute Gasteiger partial charge is 0.312 e. The number of carbonyl (C=O) groups is 1. The van der Waals surface area contributed by atoms with Gasteiger partial charge in [0.1, 0.15) is 6.17 Å². The van der Waals surface area contributed by atoms with E-state index in [1.165, 1.54) is 25.3 Å². The van der Waals surface area contributed by atoms with E-state index in [2.05, 4.69) is 16.0 Å². The highest BCUT2D eigenvalue weighted by Crippen LogP contribution is 2.31. The van der Waals surface area contributed by atoms with E-state index in [9.17, 15) is 14.9 Å². The van der Waals surface area contributed by atoms with Crippen molar-refractivity contribution in [2.45, 2.75) is 16.9 Å². The van der Waals surface area contributed by atoms with Crippen molar-refractivity contribution in [3.05, 3.63) is 63.7 Å². The van der Waals surface area contributed by atoms with Crippen LogP contribution in [0.5, 0.6) is 5.75 Å². The van der Waals surface area contributed by atoms with Gasteiger partial charge in [0, 0.05) is 17.3 Å². The van der Waals surface area contributed by atoms with Crippen LogP contribution >= 0.6 is 47.0 Å². The Labute approximate surface area is 193 Å². The number of aryl methyl sites for hydroxylation is 1. The number of ether oxygens (including phenoxy) is 1. The number of amides is 1. The maximum Gasteiger partial charge on any atom is 0.312 e. The third kappa shape index (κ3) is 6.60. The van der Waals surface area contributed by atoms with Gasteiger partial charge in [0.15, 0.2) is 10.9 Å². The average molecular weight is 492 g/mol. The molecular weight excluding hydrogens is 475 g/mol. The Hall–Kier alpha value is -2.33. The van der Waals surface area contributed by atoms with Crippen LogP contribution in [0.4, 0.5) is 11.4 Å². The molecule has 2 rings (SSSR count). The zero-order chi connectivity index (χ0) is 22.5. The number of hydrogen-bond acceptors (Lipinski definition) is 5. The van der Waals surface area contributed by atoms with Crippen LogP contribution in [0.3, 0.4) is 0 Å². The number of methoxy groups -OCH3 is 1. The zero-order valence-corrected chi connectivity index (χ0v) is 18.8. The summed E-state index contributed by atoms with van der Waals surface area (Å²) in [6, 6.07) is 11.0. The van der Waals surface area contributed by atoms with Gasteiger partial charge in [0.05, 0.1) is 12.0 Å². The first-order valence-electron chi connectivity index (χ1n) is 8.35. The summed E-state index contributed by atoms with van der Waals surface area (Å²) in [5, 5.41) is 19.1. The maximum atomic E-state index is 12.5. The van der Waals surface area contributed by atoms with E-state index in [-0.39, 0.29) is 16.5 Å². The van der Waals surface area contributed by atoms with Gasteiger partial charge in [-0.05, 0) is 43.4 Å². The lowest BCUT2D eigenvalue weighted by Crippen LogP contribution is -2.56. The summed E-state index contributed by atoms with van der Waals surface area (Å²) in [6.45, 7) is 1.89. The first-order valence-corrected chi connectivity index (χ1v) is 9.89. The molecule has 1 amide bonds. The fourth-order valence-electron chi connectivity index (χ4n) is 2.33. The van der Waals surface area contributed by atoms with E-state index in [1.54, 1.807) is 24.3 Å². The summed E-state index contributed by atoms with van der Waals surface area (Å²) in [6.07, 6.45) is -1.19. The molecule has 160 valence electrons. The molecule has 1 unspecified atom stereocenters. The molecule has 0 aromatic heterocycles. The van der Waals surface area contributed by atoms with Crippen molar-refractivity contribution in [2.24, 2.45) is 0 Å². The summed E-state index contributed by atoms with van der Waals surface area (Å²) in [7, 11) is 1.32. The Morgan fingerprint density at radius 2 is 1.80 bits per heavy atom. The van der Waals surface area contributed by atoms with E-state index in [1.807, 2.05) is 6.92 Å². The summed E-state index contributed by atoms with van der Waals surface area (Å²) >= 11 is 23.1. The fraction of sp³-hybridized carbons (Fsp3) is 0.222. The molecule has 0 heterocycles. The normalized spacial score (nSPS) is 11.9. The van der Waals surface area contributed by atoms with Crippen molar-refractivity contribution in [1.29, 1.82) is 0 Å². The monoisotopic (exact) mass is 490 g/mol. The fourth-order valence-corrected chi connectivity index (χ4v) is 2.89. The van der Waals surface area contributed by atoms with Crippen molar-refractivity contribution in [2.75, 3.05) is 12.4 Å². The number of nitro groups is 1. The van der Waals surface area contributed by atoms with Crippen molar-refractivity contribution in [1.82, 2.24) is 10.6 Å². The number of thiocarbonyl (C=S) groups is 1. The van der Waals surface area contributed by atoms with Crippen molar-refractivity contribution < 1.29 is 14.5 Å². The summed E-state index contributed by atoms with van der Waals surface area (Å²) in [4.78, 5) is 23.0. The molecule has 0 aliphatic rings. The molecule has 0 aliphatic heterocycles. The number of alkyl halides is 3. The zero-order valence-electron chi connectivity index (χ0n) is 15.7. The van der Waals surface area contributed by atoms with Gasteiger partial charge < -0.3 is 20.7 Å². The van der Waals surface area contributed by atoms with E-state index in [0.717, 1.165) is 5.56 Å². The van der Waals surface area contributed by atoms with Crippen molar-refractivity contribution >= 4 is 69.4 Å². The van der Waals surface area contributed by atoms with E-state index < -0.39 is 20.8 Å². The highest BCUT2D eigenvalue weighted by molar-refractivity contribution is 7.80. The molecule has 30 heavy (non-hydrogen) atoms. The summed E-state index contributed by atoms with van der Waals surface area (Å²) in [5.41, 5.74) is 1.40. The molecular formula is C18H17Cl3N4O4S. The molecule has 0 aliphatic carbocycles. The second-order valence-electron chi connectivity index (χ2n) is 6.06. The second-order valence-corrected chi connectivity index (χ2v) is 8.83. The van der Waals surface area contributed by atoms with E-state index in [4.69, 9.17) is 51.8 Å². The molecule has 12 heteroatoms.